The van der Waals surface area contributed by atoms with Crippen molar-refractivity contribution in [1.29, 1.82) is 0 Å². The first-order chi connectivity index (χ1) is 9.04. The molecule has 0 aromatic heterocycles. The summed E-state index contributed by atoms with van der Waals surface area (Å²) < 4.78 is 0. The predicted molar refractivity (Wildman–Crippen MR) is 69.3 cm³/mol. The summed E-state index contributed by atoms with van der Waals surface area (Å²) in [6.45, 7) is 0.480. The van der Waals surface area contributed by atoms with E-state index in [1.807, 2.05) is 0 Å². The Balaban J connectivity index is 2.26. The largest absolute Gasteiger partial charge is 0.394 e. The highest BCUT2D eigenvalue weighted by atomic mass is 35.5. The highest BCUT2D eigenvalue weighted by Crippen LogP contribution is 2.26. The lowest BCUT2D eigenvalue weighted by molar-refractivity contribution is -0.384. The van der Waals surface area contributed by atoms with Crippen molar-refractivity contribution in [3.63, 3.8) is 0 Å². The predicted octanol–water partition coefficient (Wildman–Crippen LogP) is 1.85. The Bertz CT molecular complexity index is 520. The van der Waals surface area contributed by atoms with Crippen LogP contribution in [0.2, 0.25) is 5.02 Å². The lowest BCUT2D eigenvalue weighted by Gasteiger charge is -2.23. The zero-order chi connectivity index (χ0) is 14.0. The normalized spacial score (nSPS) is 18.6. The van der Waals surface area contributed by atoms with Crippen LogP contribution in [-0.2, 0) is 0 Å². The van der Waals surface area contributed by atoms with Gasteiger partial charge in [0, 0.05) is 18.7 Å². The highest BCUT2D eigenvalue weighted by molar-refractivity contribution is 6.34. The van der Waals surface area contributed by atoms with E-state index in [0.29, 0.717) is 6.54 Å². The molecule has 1 fully saturated rings. The zero-order valence-electron chi connectivity index (χ0n) is 10.1. The van der Waals surface area contributed by atoms with Crippen LogP contribution in [0.3, 0.4) is 0 Å². The fourth-order valence-electron chi connectivity index (χ4n) is 2.24. The first kappa shape index (κ1) is 13.8. The van der Waals surface area contributed by atoms with Crippen molar-refractivity contribution in [1.82, 2.24) is 4.90 Å². The van der Waals surface area contributed by atoms with Gasteiger partial charge in [-0.15, -0.1) is 0 Å². The highest BCUT2D eigenvalue weighted by Gasteiger charge is 2.30. The molecule has 0 radical (unpaired) electrons. The molecule has 0 saturated carbocycles. The molecule has 2 rings (SSSR count). The number of rotatable bonds is 3. The average Bonchev–Trinajstić information content (AvgIpc) is 2.85. The molecule has 1 aliphatic heterocycles. The number of carbonyl (C=O) groups is 1. The molecule has 19 heavy (non-hydrogen) atoms. The first-order valence-corrected chi connectivity index (χ1v) is 6.28. The van der Waals surface area contributed by atoms with Gasteiger partial charge in [0.15, 0.2) is 0 Å². The molecule has 1 atom stereocenters. The summed E-state index contributed by atoms with van der Waals surface area (Å²) in [6.07, 6.45) is 1.59. The lowest BCUT2D eigenvalue weighted by atomic mass is 10.1. The number of nitrogens with zero attached hydrogens (tertiary/aromatic N) is 2. The van der Waals surface area contributed by atoms with E-state index < -0.39 is 4.92 Å². The maximum atomic E-state index is 12.3. The molecule has 1 aliphatic rings. The van der Waals surface area contributed by atoms with Gasteiger partial charge in [-0.1, -0.05) is 11.6 Å². The molecule has 1 saturated heterocycles. The molecule has 1 aromatic rings. The summed E-state index contributed by atoms with van der Waals surface area (Å²) in [4.78, 5) is 23.9. The van der Waals surface area contributed by atoms with Crippen molar-refractivity contribution >= 4 is 23.2 Å². The van der Waals surface area contributed by atoms with E-state index in [4.69, 9.17) is 11.6 Å². The number of aliphatic hydroxyl groups is 1. The number of hydrogen-bond donors (Lipinski definition) is 1. The standard InChI is InChI=1S/C12H13ClN2O4/c13-11-6-8(15(18)19)3-4-10(11)12(17)14-5-1-2-9(14)7-16/h3-4,6,9,16H,1-2,5,7H2. The van der Waals surface area contributed by atoms with Crippen molar-refractivity contribution in [2.45, 2.75) is 18.9 Å². The van der Waals surface area contributed by atoms with Gasteiger partial charge < -0.3 is 10.0 Å². The number of amides is 1. The van der Waals surface area contributed by atoms with Crippen LogP contribution in [-0.4, -0.2) is 40.0 Å². The quantitative estimate of drug-likeness (QED) is 0.678. The van der Waals surface area contributed by atoms with E-state index in [2.05, 4.69) is 0 Å². The second-order valence-electron chi connectivity index (χ2n) is 4.40. The maximum Gasteiger partial charge on any atom is 0.270 e. The molecule has 102 valence electrons. The number of likely N-dealkylation sites (tertiary alicyclic amines) is 1. The lowest BCUT2D eigenvalue weighted by Crippen LogP contribution is -2.37. The topological polar surface area (TPSA) is 83.7 Å². The van der Waals surface area contributed by atoms with Crippen LogP contribution in [0.5, 0.6) is 0 Å². The van der Waals surface area contributed by atoms with E-state index in [9.17, 15) is 20.0 Å². The fraction of sp³-hybridized carbons (Fsp3) is 0.417. The van der Waals surface area contributed by atoms with Crippen LogP contribution in [0.1, 0.15) is 23.2 Å². The number of nitro benzene ring substituents is 1. The second kappa shape index (κ2) is 5.54. The third-order valence-corrected chi connectivity index (χ3v) is 3.56. The van der Waals surface area contributed by atoms with E-state index in [1.165, 1.54) is 18.2 Å². The molecule has 0 aliphatic carbocycles. The number of carbonyl (C=O) groups excluding carboxylic acids is 1. The van der Waals surface area contributed by atoms with Crippen molar-refractivity contribution in [3.05, 3.63) is 38.9 Å². The zero-order valence-corrected chi connectivity index (χ0v) is 10.8. The van der Waals surface area contributed by atoms with Crippen LogP contribution >= 0.6 is 11.6 Å². The second-order valence-corrected chi connectivity index (χ2v) is 4.81. The summed E-state index contributed by atoms with van der Waals surface area (Å²) in [6, 6.07) is 3.58. The third-order valence-electron chi connectivity index (χ3n) is 3.24. The smallest absolute Gasteiger partial charge is 0.270 e. The van der Waals surface area contributed by atoms with Crippen LogP contribution in [0.25, 0.3) is 0 Å². The maximum absolute atomic E-state index is 12.3. The average molecular weight is 285 g/mol. The monoisotopic (exact) mass is 284 g/mol. The van der Waals surface area contributed by atoms with Gasteiger partial charge in [-0.3, -0.25) is 14.9 Å². The van der Waals surface area contributed by atoms with Crippen molar-refractivity contribution < 1.29 is 14.8 Å². The molecule has 1 aromatic carbocycles. The summed E-state index contributed by atoms with van der Waals surface area (Å²) in [7, 11) is 0. The molecular formula is C12H13ClN2O4. The van der Waals surface area contributed by atoms with Crippen molar-refractivity contribution in [2.75, 3.05) is 13.2 Å². The Kier molecular flexibility index (Phi) is 4.01. The Hall–Kier alpha value is -1.66. The summed E-state index contributed by atoms with van der Waals surface area (Å²) in [5.74, 6) is -0.295. The number of aliphatic hydroxyl groups excluding tert-OH is 1. The molecule has 6 nitrogen and oxygen atoms in total. The van der Waals surface area contributed by atoms with Crippen molar-refractivity contribution in [3.8, 4) is 0 Å². The minimum Gasteiger partial charge on any atom is -0.394 e. The van der Waals surface area contributed by atoms with Crippen LogP contribution in [0, 0.1) is 10.1 Å². The minimum atomic E-state index is -0.563. The van der Waals surface area contributed by atoms with Gasteiger partial charge in [0.05, 0.1) is 28.2 Å². The number of non-ortho nitro benzene ring substituents is 1. The van der Waals surface area contributed by atoms with Crippen LogP contribution in [0.15, 0.2) is 18.2 Å². The molecule has 1 unspecified atom stereocenters. The van der Waals surface area contributed by atoms with Gasteiger partial charge in [0.1, 0.15) is 0 Å². The van der Waals surface area contributed by atoms with Crippen molar-refractivity contribution in [2.24, 2.45) is 0 Å². The molecule has 1 amide bonds. The summed E-state index contributed by atoms with van der Waals surface area (Å²) in [5, 5.41) is 19.9. The molecule has 1 heterocycles. The van der Waals surface area contributed by atoms with Gasteiger partial charge in [-0.25, -0.2) is 0 Å². The van der Waals surface area contributed by atoms with Gasteiger partial charge in [-0.2, -0.15) is 0 Å². The molecule has 7 heteroatoms. The molecular weight excluding hydrogens is 272 g/mol. The number of hydrogen-bond acceptors (Lipinski definition) is 4. The van der Waals surface area contributed by atoms with E-state index >= 15 is 0 Å². The summed E-state index contributed by atoms with van der Waals surface area (Å²) in [5.41, 5.74) is 0.0781. The Labute approximate surface area is 114 Å². The minimum absolute atomic E-state index is 0.0581. The Morgan fingerprint density at radius 3 is 2.89 bits per heavy atom. The van der Waals surface area contributed by atoms with Gasteiger partial charge in [0.2, 0.25) is 0 Å². The number of nitro groups is 1. The third kappa shape index (κ3) is 2.69. The molecule has 0 bridgehead atoms. The number of halogens is 1. The first-order valence-electron chi connectivity index (χ1n) is 5.90. The molecule has 0 spiro atoms. The van der Waals surface area contributed by atoms with Crippen LogP contribution < -0.4 is 0 Å². The Morgan fingerprint density at radius 1 is 1.58 bits per heavy atom. The van der Waals surface area contributed by atoms with E-state index in [0.717, 1.165) is 12.8 Å². The van der Waals surface area contributed by atoms with Crippen LogP contribution in [0.4, 0.5) is 5.69 Å². The van der Waals surface area contributed by atoms with Gasteiger partial charge in [-0.05, 0) is 18.9 Å². The van der Waals surface area contributed by atoms with Gasteiger partial charge >= 0.3 is 0 Å². The van der Waals surface area contributed by atoms with Gasteiger partial charge in [0.25, 0.3) is 11.6 Å². The Morgan fingerprint density at radius 2 is 2.32 bits per heavy atom. The molecule has 1 N–H and O–H groups in total. The van der Waals surface area contributed by atoms with E-state index in [-0.39, 0.29) is 34.8 Å². The summed E-state index contributed by atoms with van der Waals surface area (Å²) >= 11 is 5.92. The fourth-order valence-corrected chi connectivity index (χ4v) is 2.49. The number of benzene rings is 1. The SMILES string of the molecule is O=C(c1ccc([N+](=O)[O-])cc1Cl)N1CCCC1CO. The van der Waals surface area contributed by atoms with E-state index in [1.54, 1.807) is 4.90 Å².